The van der Waals surface area contributed by atoms with Crippen molar-refractivity contribution in [3.63, 3.8) is 0 Å². The van der Waals surface area contributed by atoms with Crippen LogP contribution in [0.3, 0.4) is 0 Å². The number of hydrogen-bond donors (Lipinski definition) is 2. The Labute approximate surface area is 143 Å². The van der Waals surface area contributed by atoms with Crippen molar-refractivity contribution in [3.05, 3.63) is 23.8 Å². The molecule has 2 aliphatic carbocycles. The van der Waals surface area contributed by atoms with Crippen LogP contribution in [0.25, 0.3) is 0 Å². The Morgan fingerprint density at radius 3 is 2.58 bits per heavy atom. The summed E-state index contributed by atoms with van der Waals surface area (Å²) in [7, 11) is 0. The highest BCUT2D eigenvalue weighted by Crippen LogP contribution is 2.61. The molecule has 134 valence electrons. The summed E-state index contributed by atoms with van der Waals surface area (Å²) in [6.07, 6.45) is 0.778. The third-order valence-corrected chi connectivity index (χ3v) is 5.50. The Hall–Kier alpha value is -1.46. The predicted molar refractivity (Wildman–Crippen MR) is 90.1 cm³/mol. The van der Waals surface area contributed by atoms with Gasteiger partial charge in [-0.1, -0.05) is 19.9 Å². The molecule has 0 aromatic heterocycles. The molecule has 2 aliphatic rings. The number of Topliss-reactive ketones (excluding diaryl/α,β-unsaturated/α-hetero) is 1. The zero-order valence-corrected chi connectivity index (χ0v) is 15.1. The van der Waals surface area contributed by atoms with E-state index in [-0.39, 0.29) is 18.1 Å². The zero-order chi connectivity index (χ0) is 18.4. The molecule has 1 saturated carbocycles. The second kappa shape index (κ2) is 6.12. The zero-order valence-electron chi connectivity index (χ0n) is 15.1. The molecule has 0 saturated heterocycles. The molecule has 0 radical (unpaired) electrons. The summed E-state index contributed by atoms with van der Waals surface area (Å²) in [5.74, 6) is -1.26. The van der Waals surface area contributed by atoms with Gasteiger partial charge in [-0.2, -0.15) is 0 Å². The SMILES string of the molecule is C=CCC1=C(C)C(OC(=O)C2C(C(O)C(C)(C)O)C2(C)C)CC1=O. The number of ketones is 1. The van der Waals surface area contributed by atoms with Crippen LogP contribution in [0, 0.1) is 17.3 Å². The Morgan fingerprint density at radius 2 is 2.08 bits per heavy atom. The van der Waals surface area contributed by atoms with E-state index in [2.05, 4.69) is 6.58 Å². The molecule has 0 bridgehead atoms. The summed E-state index contributed by atoms with van der Waals surface area (Å²) in [6.45, 7) is 12.3. The van der Waals surface area contributed by atoms with Gasteiger partial charge in [-0.3, -0.25) is 9.59 Å². The second-order valence-corrected chi connectivity index (χ2v) is 8.13. The molecule has 0 aromatic rings. The minimum Gasteiger partial charge on any atom is -0.457 e. The molecular formula is C19H28O5. The molecule has 24 heavy (non-hydrogen) atoms. The van der Waals surface area contributed by atoms with E-state index < -0.39 is 35.1 Å². The van der Waals surface area contributed by atoms with Gasteiger partial charge in [0.05, 0.1) is 24.0 Å². The maximum atomic E-state index is 12.6. The van der Waals surface area contributed by atoms with Crippen molar-refractivity contribution < 1.29 is 24.5 Å². The highest BCUT2D eigenvalue weighted by atomic mass is 16.5. The Kier molecular flexibility index (Phi) is 4.81. The lowest BCUT2D eigenvalue weighted by Crippen LogP contribution is -2.39. The number of hydrogen-bond acceptors (Lipinski definition) is 5. The first-order valence-corrected chi connectivity index (χ1v) is 8.37. The van der Waals surface area contributed by atoms with Crippen LogP contribution in [0.15, 0.2) is 23.8 Å². The number of carbonyl (C=O) groups excluding carboxylic acids is 2. The monoisotopic (exact) mass is 336 g/mol. The number of aliphatic hydroxyl groups is 2. The maximum Gasteiger partial charge on any atom is 0.310 e. The molecular weight excluding hydrogens is 308 g/mol. The molecule has 2 N–H and O–H groups in total. The van der Waals surface area contributed by atoms with Crippen LogP contribution in [-0.2, 0) is 14.3 Å². The van der Waals surface area contributed by atoms with Crippen molar-refractivity contribution in [3.8, 4) is 0 Å². The smallest absolute Gasteiger partial charge is 0.310 e. The van der Waals surface area contributed by atoms with Gasteiger partial charge in [-0.05, 0) is 38.2 Å². The molecule has 0 aromatic carbocycles. The molecule has 0 spiro atoms. The van der Waals surface area contributed by atoms with Crippen molar-refractivity contribution in [2.75, 3.05) is 0 Å². The highest BCUT2D eigenvalue weighted by molar-refractivity contribution is 6.00. The summed E-state index contributed by atoms with van der Waals surface area (Å²) >= 11 is 0. The van der Waals surface area contributed by atoms with E-state index in [4.69, 9.17) is 4.74 Å². The van der Waals surface area contributed by atoms with E-state index >= 15 is 0 Å². The molecule has 0 aliphatic heterocycles. The first kappa shape index (κ1) is 18.9. The third kappa shape index (κ3) is 3.20. The second-order valence-electron chi connectivity index (χ2n) is 8.13. The summed E-state index contributed by atoms with van der Waals surface area (Å²) < 4.78 is 5.58. The lowest BCUT2D eigenvalue weighted by atomic mass is 9.93. The Balaban J connectivity index is 2.09. The summed E-state index contributed by atoms with van der Waals surface area (Å²) in [5.41, 5.74) is -0.272. The predicted octanol–water partition coefficient (Wildman–Crippen LogP) is 2.17. The number of ether oxygens (including phenoxy) is 1. The fraction of sp³-hybridized carbons (Fsp3) is 0.684. The molecule has 1 fully saturated rings. The van der Waals surface area contributed by atoms with Gasteiger partial charge in [0.25, 0.3) is 0 Å². The average molecular weight is 336 g/mol. The largest absolute Gasteiger partial charge is 0.457 e. The van der Waals surface area contributed by atoms with Gasteiger partial charge in [-0.15, -0.1) is 6.58 Å². The van der Waals surface area contributed by atoms with Crippen molar-refractivity contribution in [1.29, 1.82) is 0 Å². The van der Waals surface area contributed by atoms with E-state index in [0.29, 0.717) is 12.0 Å². The minimum atomic E-state index is -1.28. The summed E-state index contributed by atoms with van der Waals surface area (Å²) in [4.78, 5) is 24.6. The normalized spacial score (nSPS) is 30.3. The fourth-order valence-corrected chi connectivity index (χ4v) is 3.78. The molecule has 5 heteroatoms. The molecule has 5 nitrogen and oxygen atoms in total. The van der Waals surface area contributed by atoms with Crippen LogP contribution in [0.2, 0.25) is 0 Å². The number of esters is 1. The lowest BCUT2D eigenvalue weighted by molar-refractivity contribution is -0.151. The Morgan fingerprint density at radius 1 is 1.50 bits per heavy atom. The van der Waals surface area contributed by atoms with Gasteiger partial charge >= 0.3 is 5.97 Å². The van der Waals surface area contributed by atoms with Crippen molar-refractivity contribution in [2.24, 2.45) is 17.3 Å². The number of rotatable bonds is 6. The first-order chi connectivity index (χ1) is 10.9. The van der Waals surface area contributed by atoms with Crippen molar-refractivity contribution >= 4 is 11.8 Å². The van der Waals surface area contributed by atoms with E-state index in [1.54, 1.807) is 6.08 Å². The van der Waals surface area contributed by atoms with Gasteiger partial charge in [0.2, 0.25) is 0 Å². The molecule has 0 heterocycles. The maximum absolute atomic E-state index is 12.6. The Bertz CT molecular complexity index is 593. The van der Waals surface area contributed by atoms with E-state index in [1.165, 1.54) is 13.8 Å². The standard InChI is InChI=1S/C19H28O5/c1-7-8-11-10(2)13(9-12(11)20)24-17(22)15-14(18(15,3)4)16(21)19(5,6)23/h7,13-16,21,23H,1,8-9H2,2-6H3. The highest BCUT2D eigenvalue weighted by Gasteiger charge is 2.67. The van der Waals surface area contributed by atoms with Crippen LogP contribution >= 0.6 is 0 Å². The lowest BCUT2D eigenvalue weighted by Gasteiger charge is -2.25. The van der Waals surface area contributed by atoms with E-state index in [0.717, 1.165) is 5.57 Å². The van der Waals surface area contributed by atoms with Crippen LogP contribution in [0.5, 0.6) is 0 Å². The fourth-order valence-electron chi connectivity index (χ4n) is 3.78. The van der Waals surface area contributed by atoms with Crippen molar-refractivity contribution in [1.82, 2.24) is 0 Å². The van der Waals surface area contributed by atoms with Crippen molar-refractivity contribution in [2.45, 2.75) is 65.3 Å². The number of carbonyl (C=O) groups is 2. The van der Waals surface area contributed by atoms with Gasteiger partial charge in [0.1, 0.15) is 6.10 Å². The summed E-state index contributed by atoms with van der Waals surface area (Å²) in [6, 6.07) is 0. The van der Waals surface area contributed by atoms with Gasteiger partial charge in [0.15, 0.2) is 5.78 Å². The number of allylic oxidation sites excluding steroid dienone is 2. The summed E-state index contributed by atoms with van der Waals surface area (Å²) in [5, 5.41) is 20.3. The molecule has 2 rings (SSSR count). The van der Waals surface area contributed by atoms with E-state index in [9.17, 15) is 19.8 Å². The molecule has 4 unspecified atom stereocenters. The number of aliphatic hydroxyl groups excluding tert-OH is 1. The molecule has 0 amide bonds. The van der Waals surface area contributed by atoms with Gasteiger partial charge in [0, 0.05) is 11.5 Å². The first-order valence-electron chi connectivity index (χ1n) is 8.37. The topological polar surface area (TPSA) is 83.8 Å². The third-order valence-electron chi connectivity index (χ3n) is 5.50. The van der Waals surface area contributed by atoms with Crippen LogP contribution in [0.4, 0.5) is 0 Å². The van der Waals surface area contributed by atoms with Gasteiger partial charge in [-0.25, -0.2) is 0 Å². The van der Waals surface area contributed by atoms with Crippen LogP contribution in [-0.4, -0.2) is 39.8 Å². The van der Waals surface area contributed by atoms with Crippen LogP contribution in [0.1, 0.15) is 47.5 Å². The molecule has 4 atom stereocenters. The van der Waals surface area contributed by atoms with Crippen LogP contribution < -0.4 is 0 Å². The average Bonchev–Trinajstić information content (AvgIpc) is 2.93. The van der Waals surface area contributed by atoms with Gasteiger partial charge < -0.3 is 14.9 Å². The van der Waals surface area contributed by atoms with E-state index in [1.807, 2.05) is 20.8 Å². The minimum absolute atomic E-state index is 0.00617. The quantitative estimate of drug-likeness (QED) is 0.574.